The lowest BCUT2D eigenvalue weighted by Crippen LogP contribution is -2.48. The molecule has 6 aliphatic rings. The van der Waals surface area contributed by atoms with Gasteiger partial charge < -0.3 is 43.3 Å². The Hall–Kier alpha value is -9.89. The minimum absolute atomic E-state index is 0. The number of para-hydroxylation sites is 2. The van der Waals surface area contributed by atoms with Gasteiger partial charge in [-0.3, -0.25) is 43.0 Å². The molecule has 0 radical (unpaired) electrons. The molecule has 4 aliphatic carbocycles. The molecule has 6 fully saturated rings. The second-order valence-corrected chi connectivity index (χ2v) is 41.5. The molecular formula is C91H109BrN10O17S4. The number of carbonyl (C=O) groups is 7. The lowest BCUT2D eigenvalue weighted by atomic mass is 9.77. The maximum absolute atomic E-state index is 15.0. The number of halogens is 1. The Bertz CT molecular complexity index is 5790. The lowest BCUT2D eigenvalue weighted by Gasteiger charge is -2.35. The summed E-state index contributed by atoms with van der Waals surface area (Å²) in [5.74, 6) is -2.07. The second kappa shape index (κ2) is 36.7. The second-order valence-electron chi connectivity index (χ2n) is 35.6. The van der Waals surface area contributed by atoms with Gasteiger partial charge in [0.2, 0.25) is 54.8 Å². The maximum atomic E-state index is 15.0. The number of ether oxygens (including phenoxy) is 4. The summed E-state index contributed by atoms with van der Waals surface area (Å²) in [6.45, 7) is 30.8. The molecule has 2 aliphatic heterocycles. The van der Waals surface area contributed by atoms with Crippen molar-refractivity contribution in [2.45, 2.75) is 215 Å². The lowest BCUT2D eigenvalue weighted by molar-refractivity contribution is -0.144. The minimum Gasteiger partial charge on any atom is -0.491 e. The topological polar surface area (TPSA) is 372 Å². The summed E-state index contributed by atoms with van der Waals surface area (Å²) in [7, 11) is -7.72. The number of amides is 4. The number of fused-ring (bicyclic) bond motifs is 6. The molecule has 4 N–H and O–H groups in total. The van der Waals surface area contributed by atoms with Crippen molar-refractivity contribution in [2.24, 2.45) is 51.1 Å². The van der Waals surface area contributed by atoms with Crippen LogP contribution in [0.2, 0.25) is 0 Å². The number of ketones is 3. The number of furan rings is 2. The Balaban J connectivity index is 0.000000212. The van der Waals surface area contributed by atoms with Gasteiger partial charge in [0.05, 0.1) is 74.0 Å². The average Bonchev–Trinajstić information content (AvgIpc) is 1.66. The van der Waals surface area contributed by atoms with E-state index in [4.69, 9.17) is 65.7 Å². The molecular weight excluding hydrogens is 1710 g/mol. The monoisotopic (exact) mass is 1820 g/mol. The van der Waals surface area contributed by atoms with Crippen LogP contribution in [0.4, 0.5) is 0 Å². The number of benzene rings is 4. The van der Waals surface area contributed by atoms with Gasteiger partial charge in [0, 0.05) is 83.3 Å². The molecule has 0 unspecified atom stereocenters. The summed E-state index contributed by atoms with van der Waals surface area (Å²) < 4.78 is 93.5. The Labute approximate surface area is 735 Å². The number of nitrogens with zero attached hydrogens (tertiary/aromatic N) is 7. The molecule has 0 spiro atoms. The van der Waals surface area contributed by atoms with Crippen LogP contribution in [0, 0.1) is 52.3 Å². The number of alkyl halides is 1. The summed E-state index contributed by atoms with van der Waals surface area (Å²) in [6, 6.07) is 27.9. The fraction of sp³-hybridized carbons (Fsp3) is 0.484. The number of likely N-dealkylation sites (tertiary alicyclic amines) is 2. The van der Waals surface area contributed by atoms with E-state index in [2.05, 4.69) is 43.5 Å². The molecule has 656 valence electrons. The third kappa shape index (κ3) is 20.9. The fourth-order valence-electron chi connectivity index (χ4n) is 16.1. The van der Waals surface area contributed by atoms with Crippen LogP contribution in [0.1, 0.15) is 165 Å². The van der Waals surface area contributed by atoms with Crippen LogP contribution in [0.15, 0.2) is 137 Å². The van der Waals surface area contributed by atoms with E-state index in [0.717, 1.165) is 27.0 Å². The molecule has 4 aromatic carbocycles. The Morgan fingerprint density at radius 2 is 1.02 bits per heavy atom. The number of allylic oxidation sites excluding steroid dienone is 2. The minimum atomic E-state index is -3.86. The van der Waals surface area contributed by atoms with Crippen molar-refractivity contribution in [3.05, 3.63) is 138 Å². The van der Waals surface area contributed by atoms with E-state index in [-0.39, 0.29) is 124 Å². The highest BCUT2D eigenvalue weighted by atomic mass is 79.9. The highest BCUT2D eigenvalue weighted by Crippen LogP contribution is 2.59. The number of hydrogen-bond donors (Lipinski definition) is 3. The molecule has 27 nitrogen and oxygen atoms in total. The van der Waals surface area contributed by atoms with Crippen molar-refractivity contribution < 1.29 is 78.2 Å². The number of nitrogens with one attached hydrogen (secondary N) is 2. The maximum Gasteiger partial charge on any atom is 0.262 e. The van der Waals surface area contributed by atoms with Crippen LogP contribution < -0.4 is 34.1 Å². The molecule has 2 saturated heterocycles. The summed E-state index contributed by atoms with van der Waals surface area (Å²) in [5.41, 5.74) is 7.53. The predicted molar refractivity (Wildman–Crippen MR) is 480 cm³/mol. The van der Waals surface area contributed by atoms with Gasteiger partial charge in [-0.25, -0.2) is 31.8 Å². The van der Waals surface area contributed by atoms with Crippen molar-refractivity contribution in [3.8, 4) is 46.0 Å². The number of hydrogen-bond acceptors (Lipinski definition) is 24. The molecule has 10 atom stereocenters. The van der Waals surface area contributed by atoms with Gasteiger partial charge in [-0.1, -0.05) is 114 Å². The van der Waals surface area contributed by atoms with Crippen molar-refractivity contribution in [3.63, 3.8) is 0 Å². The van der Waals surface area contributed by atoms with E-state index in [1.54, 1.807) is 17.1 Å². The van der Waals surface area contributed by atoms with E-state index >= 15 is 0 Å². The number of aryl methyl sites for hydroxylation is 1. The predicted octanol–water partition coefficient (Wildman–Crippen LogP) is 15.5. The van der Waals surface area contributed by atoms with Crippen LogP contribution in [-0.2, 0) is 60.0 Å². The number of thiazole rings is 1. The first-order valence-electron chi connectivity index (χ1n) is 41.2. The van der Waals surface area contributed by atoms with Crippen molar-refractivity contribution in [1.29, 1.82) is 0 Å². The average molecular weight is 1820 g/mol. The number of aromatic nitrogens is 5. The van der Waals surface area contributed by atoms with Crippen molar-refractivity contribution >= 4 is 150 Å². The molecule has 4 amide bonds. The first kappa shape index (κ1) is 92.3. The van der Waals surface area contributed by atoms with Crippen LogP contribution in [0.3, 0.4) is 0 Å². The zero-order chi connectivity index (χ0) is 88.0. The number of Topliss-reactive ketones (excluding diaryl/α,β-unsaturated/α-hetero) is 3. The summed E-state index contributed by atoms with van der Waals surface area (Å²) in [5, 5.41) is 3.57. The van der Waals surface area contributed by atoms with E-state index in [0.29, 0.717) is 99.5 Å². The largest absolute Gasteiger partial charge is 0.491 e. The smallest absolute Gasteiger partial charge is 0.262 e. The van der Waals surface area contributed by atoms with Crippen LogP contribution in [0.25, 0.3) is 66.9 Å². The highest BCUT2D eigenvalue weighted by molar-refractivity contribution is 9.09. The SMILES string of the molecule is C.C=C[C@@H]1C[C@]1(CC(=O)[C@@H]1C[C@@H](Oc2nc(-c3ccc(OC(C)C)cc3)nc3c2oc2ccccc23)CN1C(=O)[C@@H](CC(N)=S)C(C)(C)C)C(=O)NS(=O)(=O)C1CC1.C=C[C@@H]1C[C@]1(CC(=O)[C@@H]1C[C@@H](Oc2nc(-c3ccc(OC(C)C)cc3)nc3c2oc2ccccc23)CN1C(=O)[C@@H](Cc1nc(C)cs1)C(C)(C)C)C(=O)NS(=O)(=O)C1CC1.CC(=O)CBr. The van der Waals surface area contributed by atoms with Crippen molar-refractivity contribution in [1.82, 2.24) is 44.2 Å². The molecule has 15 rings (SSSR count). The normalized spacial score (nSPS) is 21.7. The molecule has 5 aromatic heterocycles. The van der Waals surface area contributed by atoms with Gasteiger partial charge in [-0.05, 0) is 176 Å². The number of nitrogens with two attached hydrogens (primary N) is 1. The van der Waals surface area contributed by atoms with Gasteiger partial charge in [-0.15, -0.1) is 24.5 Å². The zero-order valence-corrected chi connectivity index (χ0v) is 75.4. The number of rotatable bonds is 31. The Morgan fingerprint density at radius 3 is 1.35 bits per heavy atom. The fourth-order valence-corrected chi connectivity index (χ4v) is 19.8. The first-order valence-corrected chi connectivity index (χ1v) is 46.7. The zero-order valence-electron chi connectivity index (χ0n) is 70.6. The van der Waals surface area contributed by atoms with Crippen molar-refractivity contribution in [2.75, 3.05) is 18.4 Å². The van der Waals surface area contributed by atoms with Gasteiger partial charge >= 0.3 is 0 Å². The van der Waals surface area contributed by atoms with Crippen LogP contribution in [-0.4, -0.2) is 163 Å². The molecule has 0 bridgehead atoms. The quantitative estimate of drug-likeness (QED) is 0.0206. The molecule has 7 heterocycles. The highest BCUT2D eigenvalue weighted by Gasteiger charge is 2.63. The van der Waals surface area contributed by atoms with Crippen LogP contribution in [0.5, 0.6) is 23.3 Å². The summed E-state index contributed by atoms with van der Waals surface area (Å²) >= 11 is 9.71. The van der Waals surface area contributed by atoms with Gasteiger partial charge in [-0.2, -0.15) is 9.97 Å². The van der Waals surface area contributed by atoms with E-state index in [9.17, 15) is 50.4 Å². The number of thiocarbonyl (C=S) groups is 1. The Morgan fingerprint density at radius 1 is 0.626 bits per heavy atom. The van der Waals surface area contributed by atoms with Gasteiger partial charge in [0.1, 0.15) is 51.7 Å². The number of carbonyl (C=O) groups excluding carboxylic acids is 7. The van der Waals surface area contributed by atoms with E-state index in [1.807, 2.05) is 179 Å². The van der Waals surface area contributed by atoms with Crippen LogP contribution >= 0.6 is 39.5 Å². The van der Waals surface area contributed by atoms with E-state index < -0.39 is 112 Å². The molecule has 9 aromatic rings. The van der Waals surface area contributed by atoms with E-state index in [1.165, 1.54) is 23.2 Å². The standard InChI is InChI=1S/C45H51N5O8S2.C42H49N5O8S2.C3H5BrO.CH4/c1-8-28-21-45(28,43(53)49-60(54,55)31-17-18-31)22-35(51)34-19-30(23-50(34)42(52)33(44(5,6)7)20-37-46-26(4)24-59-37)57-41-39-38(32-11-9-10-12-36(32)58-39)47-40(48-41)27-13-15-29(16-14-27)56-25(2)3;1-7-25-20-42(25,40(50)46-57(51,52)28-16-17-28)21-32(48)31-18-27(22-47(31)39(49)30(19-34(43)56)41(4,5)6)54-38-36-35(29-10-8-9-11-33(29)55-36)44-37(45-38)24-12-14-26(15-13-24)53-23(2)3;1-3(5)2-4;/h8-16,24-25,28,30-31,33-34H,1,17-23H2,2-7H3,(H,49,53);7-15,23,25,27-28,30-31H,1,16-22H2,2-6H3,(H2,43,56)(H,46,50);2H2,1H3;1H4/t28-,30-,33-,34+,45-;25-,27-,30-,31+,42-;;/m11../s1. The summed E-state index contributed by atoms with van der Waals surface area (Å²) in [4.78, 5) is 123. The third-order valence-corrected chi connectivity index (χ3v) is 28.8. The first-order chi connectivity index (χ1) is 57.6. The third-order valence-electron chi connectivity index (χ3n) is 23.2. The molecule has 4 saturated carbocycles. The summed E-state index contributed by atoms with van der Waals surface area (Å²) in [6.07, 6.45) is 4.37. The molecule has 32 heteroatoms. The van der Waals surface area contributed by atoms with Gasteiger partial charge in [0.15, 0.2) is 23.2 Å². The molecule has 123 heavy (non-hydrogen) atoms. The number of sulfonamides is 2. The Kier molecular flexibility index (Phi) is 27.6. The van der Waals surface area contributed by atoms with Gasteiger partial charge in [0.25, 0.3) is 11.8 Å².